The van der Waals surface area contributed by atoms with E-state index in [4.69, 9.17) is 4.74 Å². The number of fused-ring (bicyclic) bond motifs is 1. The first-order valence-corrected chi connectivity index (χ1v) is 11.1. The number of hydrogen-bond donors (Lipinski definition) is 0. The van der Waals surface area contributed by atoms with Crippen LogP contribution in [0.15, 0.2) is 66.3 Å². The van der Waals surface area contributed by atoms with Crippen molar-refractivity contribution in [1.29, 1.82) is 0 Å². The van der Waals surface area contributed by atoms with Crippen LogP contribution in [0.1, 0.15) is 17.8 Å². The van der Waals surface area contributed by atoms with E-state index in [1.807, 2.05) is 27.7 Å². The normalized spacial score (nSPS) is 13.0. The largest absolute Gasteiger partial charge is 0.483 e. The molecule has 3 aromatic rings. The lowest BCUT2D eigenvalue weighted by atomic mass is 10.0. The van der Waals surface area contributed by atoms with Crippen molar-refractivity contribution < 1.29 is 13.9 Å². The molecule has 31 heavy (non-hydrogen) atoms. The first-order valence-electron chi connectivity index (χ1n) is 10.1. The van der Waals surface area contributed by atoms with Gasteiger partial charge in [-0.25, -0.2) is 4.39 Å². The maximum Gasteiger partial charge on any atom is 0.237 e. The van der Waals surface area contributed by atoms with Crippen LogP contribution in [0, 0.1) is 5.82 Å². The van der Waals surface area contributed by atoms with Crippen molar-refractivity contribution in [3.8, 4) is 5.75 Å². The SMILES string of the molecule is C=CCn1c(COc2ccccc2F)nnc1SCC(=O)N1CCCc2ccccc21. The van der Waals surface area contributed by atoms with Crippen LogP contribution >= 0.6 is 11.8 Å². The Kier molecular flexibility index (Phi) is 6.66. The molecule has 0 saturated carbocycles. The standard InChI is InChI=1S/C23H23FN4O2S/c1-2-13-28-21(15-30-20-12-6-4-10-18(20)24)25-26-23(28)31-16-22(29)27-14-7-9-17-8-3-5-11-19(17)27/h2-6,8,10-12H,1,7,9,13-16H2. The first kappa shape index (κ1) is 21.1. The summed E-state index contributed by atoms with van der Waals surface area (Å²) in [6.07, 6.45) is 3.67. The maximum absolute atomic E-state index is 13.8. The number of nitrogens with zero attached hydrogens (tertiary/aromatic N) is 4. The summed E-state index contributed by atoms with van der Waals surface area (Å²) in [7, 11) is 0. The number of ether oxygens (including phenoxy) is 1. The number of aryl methyl sites for hydroxylation is 1. The van der Waals surface area contributed by atoms with Crippen LogP contribution in [0.4, 0.5) is 10.1 Å². The van der Waals surface area contributed by atoms with Crippen LogP contribution in [0.2, 0.25) is 0 Å². The summed E-state index contributed by atoms with van der Waals surface area (Å²) in [5.41, 5.74) is 2.19. The Morgan fingerprint density at radius 3 is 2.84 bits per heavy atom. The molecule has 160 valence electrons. The molecule has 0 bridgehead atoms. The molecule has 0 N–H and O–H groups in total. The van der Waals surface area contributed by atoms with E-state index in [1.54, 1.807) is 24.3 Å². The van der Waals surface area contributed by atoms with Gasteiger partial charge in [0.25, 0.3) is 0 Å². The van der Waals surface area contributed by atoms with Crippen molar-refractivity contribution in [2.75, 3.05) is 17.2 Å². The predicted molar refractivity (Wildman–Crippen MR) is 119 cm³/mol. The number of aromatic nitrogens is 3. The number of hydrogen-bond acceptors (Lipinski definition) is 5. The third-order valence-corrected chi connectivity index (χ3v) is 5.99. The van der Waals surface area contributed by atoms with E-state index >= 15 is 0 Å². The van der Waals surface area contributed by atoms with Crippen LogP contribution in [0.25, 0.3) is 0 Å². The molecule has 0 spiro atoms. The molecule has 2 aromatic carbocycles. The number of para-hydroxylation sites is 2. The topological polar surface area (TPSA) is 60.2 Å². The summed E-state index contributed by atoms with van der Waals surface area (Å²) in [5.74, 6) is 0.552. The molecule has 0 unspecified atom stereocenters. The minimum Gasteiger partial charge on any atom is -0.483 e. The Morgan fingerprint density at radius 1 is 1.19 bits per heavy atom. The minimum atomic E-state index is -0.431. The summed E-state index contributed by atoms with van der Waals surface area (Å²) in [6, 6.07) is 14.3. The molecule has 0 fully saturated rings. The van der Waals surface area contributed by atoms with Gasteiger partial charge in [-0.1, -0.05) is 48.2 Å². The maximum atomic E-state index is 13.8. The second-order valence-electron chi connectivity index (χ2n) is 7.08. The fourth-order valence-electron chi connectivity index (χ4n) is 3.55. The molecular formula is C23H23FN4O2S. The highest BCUT2D eigenvalue weighted by molar-refractivity contribution is 7.99. The highest BCUT2D eigenvalue weighted by Gasteiger charge is 2.23. The van der Waals surface area contributed by atoms with Crippen molar-refractivity contribution in [3.63, 3.8) is 0 Å². The Hall–Kier alpha value is -3.13. The lowest BCUT2D eigenvalue weighted by molar-refractivity contribution is -0.116. The highest BCUT2D eigenvalue weighted by Crippen LogP contribution is 2.28. The fraction of sp³-hybridized carbons (Fsp3) is 0.261. The van der Waals surface area contributed by atoms with Crippen molar-refractivity contribution in [2.24, 2.45) is 0 Å². The van der Waals surface area contributed by atoms with E-state index in [0.717, 1.165) is 25.1 Å². The number of rotatable bonds is 8. The van der Waals surface area contributed by atoms with Gasteiger partial charge in [-0.05, 0) is 36.6 Å². The number of carbonyl (C=O) groups is 1. The second-order valence-corrected chi connectivity index (χ2v) is 8.03. The van der Waals surface area contributed by atoms with Gasteiger partial charge in [0.1, 0.15) is 6.61 Å². The van der Waals surface area contributed by atoms with E-state index in [2.05, 4.69) is 22.8 Å². The van der Waals surface area contributed by atoms with Crippen LogP contribution in [-0.2, 0) is 24.4 Å². The molecule has 0 aliphatic carbocycles. The van der Waals surface area contributed by atoms with Crippen molar-refractivity contribution in [2.45, 2.75) is 31.1 Å². The Labute approximate surface area is 184 Å². The molecule has 6 nitrogen and oxygen atoms in total. The summed E-state index contributed by atoms with van der Waals surface area (Å²) in [4.78, 5) is 14.8. The van der Waals surface area contributed by atoms with E-state index in [9.17, 15) is 9.18 Å². The van der Waals surface area contributed by atoms with E-state index < -0.39 is 5.82 Å². The number of benzene rings is 2. The van der Waals surface area contributed by atoms with Crippen LogP contribution in [-0.4, -0.2) is 33.0 Å². The smallest absolute Gasteiger partial charge is 0.237 e. The van der Waals surface area contributed by atoms with E-state index in [1.165, 1.54) is 23.4 Å². The number of anilines is 1. The van der Waals surface area contributed by atoms with Gasteiger partial charge in [-0.15, -0.1) is 16.8 Å². The lowest BCUT2D eigenvalue weighted by Gasteiger charge is -2.29. The van der Waals surface area contributed by atoms with Crippen LogP contribution < -0.4 is 9.64 Å². The van der Waals surface area contributed by atoms with Gasteiger partial charge in [-0.2, -0.15) is 0 Å². The van der Waals surface area contributed by atoms with Gasteiger partial charge in [0.05, 0.1) is 5.75 Å². The van der Waals surface area contributed by atoms with Gasteiger partial charge in [-0.3, -0.25) is 9.36 Å². The van der Waals surface area contributed by atoms with Crippen LogP contribution in [0.3, 0.4) is 0 Å². The van der Waals surface area contributed by atoms with Crippen molar-refractivity contribution >= 4 is 23.4 Å². The molecule has 1 aliphatic heterocycles. The molecule has 0 atom stereocenters. The Balaban J connectivity index is 1.43. The number of halogens is 1. The monoisotopic (exact) mass is 438 g/mol. The summed E-state index contributed by atoms with van der Waals surface area (Å²) in [6.45, 7) is 5.03. The highest BCUT2D eigenvalue weighted by atomic mass is 32.2. The summed E-state index contributed by atoms with van der Waals surface area (Å²) >= 11 is 1.33. The third kappa shape index (κ3) is 4.80. The average molecular weight is 439 g/mol. The van der Waals surface area contributed by atoms with Gasteiger partial charge < -0.3 is 9.64 Å². The molecular weight excluding hydrogens is 415 g/mol. The number of carbonyl (C=O) groups excluding carboxylic acids is 1. The molecule has 4 rings (SSSR count). The third-order valence-electron chi connectivity index (χ3n) is 5.03. The van der Waals surface area contributed by atoms with Crippen molar-refractivity contribution in [1.82, 2.24) is 14.8 Å². The number of amides is 1. The first-order chi connectivity index (χ1) is 15.2. The average Bonchev–Trinajstić information content (AvgIpc) is 3.18. The molecule has 1 aliphatic rings. The Morgan fingerprint density at radius 2 is 2.00 bits per heavy atom. The zero-order valence-electron chi connectivity index (χ0n) is 17.0. The van der Waals surface area contributed by atoms with Gasteiger partial charge in [0.15, 0.2) is 22.5 Å². The fourth-order valence-corrected chi connectivity index (χ4v) is 4.39. The Bertz CT molecular complexity index is 1080. The minimum absolute atomic E-state index is 0.0365. The van der Waals surface area contributed by atoms with Crippen molar-refractivity contribution in [3.05, 3.63) is 78.4 Å². The molecule has 2 heterocycles. The van der Waals surface area contributed by atoms with Crippen LogP contribution in [0.5, 0.6) is 5.75 Å². The quantitative estimate of drug-likeness (QED) is 0.389. The van der Waals surface area contributed by atoms with Gasteiger partial charge in [0.2, 0.25) is 5.91 Å². The van der Waals surface area contributed by atoms with Gasteiger partial charge >= 0.3 is 0 Å². The lowest BCUT2D eigenvalue weighted by Crippen LogP contribution is -2.36. The van der Waals surface area contributed by atoms with E-state index in [0.29, 0.717) is 17.5 Å². The molecule has 8 heteroatoms. The zero-order valence-corrected chi connectivity index (χ0v) is 17.9. The van der Waals surface area contributed by atoms with Gasteiger partial charge in [0, 0.05) is 18.8 Å². The molecule has 0 saturated heterocycles. The zero-order chi connectivity index (χ0) is 21.6. The molecule has 1 amide bonds. The number of allylic oxidation sites excluding steroid dienone is 1. The second kappa shape index (κ2) is 9.78. The molecule has 0 radical (unpaired) electrons. The number of thioether (sulfide) groups is 1. The molecule has 1 aromatic heterocycles. The van der Waals surface area contributed by atoms with E-state index in [-0.39, 0.29) is 24.0 Å². The predicted octanol–water partition coefficient (Wildman–Crippen LogP) is 4.25. The summed E-state index contributed by atoms with van der Waals surface area (Å²) < 4.78 is 21.2. The summed E-state index contributed by atoms with van der Waals surface area (Å²) in [5, 5.41) is 8.99.